The van der Waals surface area contributed by atoms with Crippen molar-refractivity contribution >= 4 is 23.8 Å². The molecule has 3 aromatic carbocycles. The maximum Gasteiger partial charge on any atom is 0.402 e. The number of carbonyl (C=O) groups is 4. The number of nitrogens with one attached hydrogen (secondary N) is 2. The number of amides is 2. The van der Waals surface area contributed by atoms with E-state index in [-0.39, 0.29) is 24.6 Å². The van der Waals surface area contributed by atoms with Gasteiger partial charge >= 0.3 is 23.8 Å². The van der Waals surface area contributed by atoms with E-state index in [0.29, 0.717) is 11.1 Å². The Hall–Kier alpha value is -4.46. The van der Waals surface area contributed by atoms with Crippen LogP contribution in [0.5, 0.6) is 11.5 Å². The van der Waals surface area contributed by atoms with E-state index in [2.05, 4.69) is 10.6 Å². The lowest BCUT2D eigenvalue weighted by Crippen LogP contribution is -2.34. The Morgan fingerprint density at radius 3 is 1.38 bits per heavy atom. The Balaban J connectivity index is 1.46. The van der Waals surface area contributed by atoms with Crippen LogP contribution in [0.1, 0.15) is 11.1 Å². The van der Waals surface area contributed by atoms with E-state index < -0.39 is 23.8 Å². The fourth-order valence-electron chi connectivity index (χ4n) is 2.64. The Morgan fingerprint density at radius 2 is 0.969 bits per heavy atom. The second-order valence-electron chi connectivity index (χ2n) is 6.59. The number of ether oxygens (including phenoxy) is 2. The maximum absolute atomic E-state index is 12.0. The first-order valence-corrected chi connectivity index (χ1v) is 9.69. The molecule has 0 aliphatic heterocycles. The van der Waals surface area contributed by atoms with Crippen molar-refractivity contribution in [3.63, 3.8) is 0 Å². The first-order valence-electron chi connectivity index (χ1n) is 9.69. The normalized spacial score (nSPS) is 10.0. The van der Waals surface area contributed by atoms with Crippen LogP contribution in [0.25, 0.3) is 0 Å². The largest absolute Gasteiger partial charge is 0.419 e. The summed E-state index contributed by atoms with van der Waals surface area (Å²) in [5.41, 5.74) is 1.40. The van der Waals surface area contributed by atoms with Crippen molar-refractivity contribution in [2.75, 3.05) is 0 Å². The SMILES string of the molecule is O=C(NCc1cccc(CNC(=O)C(=O)Oc2ccccc2)c1)C(=O)Oc1ccccc1. The summed E-state index contributed by atoms with van der Waals surface area (Å²) in [5, 5.41) is 4.96. The van der Waals surface area contributed by atoms with Crippen molar-refractivity contribution in [1.29, 1.82) is 0 Å². The molecule has 8 nitrogen and oxygen atoms in total. The van der Waals surface area contributed by atoms with Crippen LogP contribution in [-0.4, -0.2) is 23.8 Å². The molecule has 3 rings (SSSR count). The smallest absolute Gasteiger partial charge is 0.402 e. The summed E-state index contributed by atoms with van der Waals surface area (Å²) >= 11 is 0. The van der Waals surface area contributed by atoms with Crippen molar-refractivity contribution in [3.05, 3.63) is 96.1 Å². The third kappa shape index (κ3) is 6.81. The zero-order valence-corrected chi connectivity index (χ0v) is 16.9. The molecule has 0 saturated heterocycles. The molecule has 2 N–H and O–H groups in total. The molecule has 0 aliphatic rings. The number of hydrogen-bond acceptors (Lipinski definition) is 6. The minimum Gasteiger partial charge on any atom is -0.419 e. The van der Waals surface area contributed by atoms with Gasteiger partial charge in [0.2, 0.25) is 0 Å². The van der Waals surface area contributed by atoms with E-state index in [4.69, 9.17) is 9.47 Å². The molecule has 0 aliphatic carbocycles. The van der Waals surface area contributed by atoms with Gasteiger partial charge < -0.3 is 20.1 Å². The van der Waals surface area contributed by atoms with Gasteiger partial charge in [0.1, 0.15) is 11.5 Å². The summed E-state index contributed by atoms with van der Waals surface area (Å²) in [5.74, 6) is -3.24. The number of hydrogen-bond donors (Lipinski definition) is 2. The molecule has 3 aromatic rings. The lowest BCUT2D eigenvalue weighted by atomic mass is 10.1. The van der Waals surface area contributed by atoms with Crippen molar-refractivity contribution < 1.29 is 28.7 Å². The van der Waals surface area contributed by atoms with Gasteiger partial charge in [0.05, 0.1) is 0 Å². The van der Waals surface area contributed by atoms with Crippen LogP contribution in [0.3, 0.4) is 0 Å². The van der Waals surface area contributed by atoms with Gasteiger partial charge in [-0.15, -0.1) is 0 Å². The number of para-hydroxylation sites is 2. The minimum atomic E-state index is -1.02. The summed E-state index contributed by atoms with van der Waals surface area (Å²) in [6, 6.07) is 23.5. The summed E-state index contributed by atoms with van der Waals surface area (Å²) < 4.78 is 9.95. The molecule has 0 bridgehead atoms. The van der Waals surface area contributed by atoms with Gasteiger partial charge in [-0.3, -0.25) is 9.59 Å². The van der Waals surface area contributed by atoms with Gasteiger partial charge in [-0.1, -0.05) is 60.7 Å². The molecule has 0 fully saturated rings. The Kier molecular flexibility index (Phi) is 7.69. The Labute approximate surface area is 184 Å². The van der Waals surface area contributed by atoms with Crippen LogP contribution in [-0.2, 0) is 32.3 Å². The molecule has 0 radical (unpaired) electrons. The number of rotatable bonds is 6. The molecular formula is C24H20N2O6. The highest BCUT2D eigenvalue weighted by atomic mass is 16.5. The lowest BCUT2D eigenvalue weighted by molar-refractivity contribution is -0.148. The van der Waals surface area contributed by atoms with Gasteiger partial charge in [0, 0.05) is 13.1 Å². The van der Waals surface area contributed by atoms with Crippen molar-refractivity contribution in [1.82, 2.24) is 10.6 Å². The predicted octanol–water partition coefficient (Wildman–Crippen LogP) is 2.13. The van der Waals surface area contributed by atoms with Crippen molar-refractivity contribution in [2.24, 2.45) is 0 Å². The Morgan fingerprint density at radius 1 is 0.562 bits per heavy atom. The third-order valence-electron chi connectivity index (χ3n) is 4.18. The highest BCUT2D eigenvalue weighted by Crippen LogP contribution is 2.10. The molecule has 32 heavy (non-hydrogen) atoms. The first kappa shape index (κ1) is 22.2. The van der Waals surface area contributed by atoms with E-state index in [1.165, 1.54) is 0 Å². The summed E-state index contributed by atoms with van der Waals surface area (Å²) in [4.78, 5) is 47.6. The lowest BCUT2D eigenvalue weighted by Gasteiger charge is -2.09. The van der Waals surface area contributed by atoms with Crippen molar-refractivity contribution in [2.45, 2.75) is 13.1 Å². The number of benzene rings is 3. The zero-order valence-electron chi connectivity index (χ0n) is 16.9. The Bertz CT molecular complexity index is 1010. The average molecular weight is 432 g/mol. The summed E-state index contributed by atoms with van der Waals surface area (Å²) in [6.07, 6.45) is 0. The predicted molar refractivity (Wildman–Crippen MR) is 114 cm³/mol. The molecule has 0 atom stereocenters. The molecular weight excluding hydrogens is 412 g/mol. The first-order chi connectivity index (χ1) is 15.5. The molecule has 0 saturated carbocycles. The number of esters is 2. The van der Waals surface area contributed by atoms with Crippen LogP contribution < -0.4 is 20.1 Å². The monoisotopic (exact) mass is 432 g/mol. The van der Waals surface area contributed by atoms with E-state index in [1.807, 2.05) is 0 Å². The van der Waals surface area contributed by atoms with E-state index in [0.717, 1.165) is 0 Å². The molecule has 0 unspecified atom stereocenters. The quantitative estimate of drug-likeness (QED) is 0.351. The van der Waals surface area contributed by atoms with E-state index in [9.17, 15) is 19.2 Å². The topological polar surface area (TPSA) is 111 Å². The fourth-order valence-corrected chi connectivity index (χ4v) is 2.64. The molecule has 162 valence electrons. The third-order valence-corrected chi connectivity index (χ3v) is 4.18. The molecule has 0 aromatic heterocycles. The highest BCUT2D eigenvalue weighted by molar-refractivity contribution is 6.33. The second-order valence-corrected chi connectivity index (χ2v) is 6.59. The minimum absolute atomic E-state index is 0.0839. The molecule has 0 heterocycles. The van der Waals surface area contributed by atoms with Crippen molar-refractivity contribution in [3.8, 4) is 11.5 Å². The molecule has 0 spiro atoms. The molecule has 2 amide bonds. The van der Waals surface area contributed by atoms with Gasteiger partial charge in [-0.2, -0.15) is 0 Å². The summed E-state index contributed by atoms with van der Waals surface area (Å²) in [7, 11) is 0. The van der Waals surface area contributed by atoms with Crippen LogP contribution in [0, 0.1) is 0 Å². The maximum atomic E-state index is 12.0. The molecule has 8 heteroatoms. The van der Waals surface area contributed by atoms with E-state index in [1.54, 1.807) is 84.9 Å². The van der Waals surface area contributed by atoms with Crippen LogP contribution in [0.4, 0.5) is 0 Å². The average Bonchev–Trinajstić information content (AvgIpc) is 2.82. The van der Waals surface area contributed by atoms with Gasteiger partial charge in [-0.05, 0) is 35.4 Å². The summed E-state index contributed by atoms with van der Waals surface area (Å²) in [6.45, 7) is 0.168. The zero-order chi connectivity index (χ0) is 22.8. The van der Waals surface area contributed by atoms with Gasteiger partial charge in [0.25, 0.3) is 0 Å². The second kappa shape index (κ2) is 11.1. The standard InChI is InChI=1S/C24H20N2O6/c27-21(23(29)31-19-10-3-1-4-11-19)25-15-17-8-7-9-18(14-17)16-26-22(28)24(30)32-20-12-5-2-6-13-20/h1-14H,15-16H2,(H,25,27)(H,26,28). The van der Waals surface area contributed by atoms with Gasteiger partial charge in [0.15, 0.2) is 0 Å². The number of carbonyl (C=O) groups excluding carboxylic acids is 4. The fraction of sp³-hybridized carbons (Fsp3) is 0.0833. The van der Waals surface area contributed by atoms with Crippen LogP contribution in [0.15, 0.2) is 84.9 Å². The highest BCUT2D eigenvalue weighted by Gasteiger charge is 2.17. The van der Waals surface area contributed by atoms with Gasteiger partial charge in [-0.25, -0.2) is 9.59 Å². The van der Waals surface area contributed by atoms with Crippen LogP contribution >= 0.6 is 0 Å². The van der Waals surface area contributed by atoms with E-state index >= 15 is 0 Å². The van der Waals surface area contributed by atoms with Crippen LogP contribution in [0.2, 0.25) is 0 Å².